The Balaban J connectivity index is 2.12. The van der Waals surface area contributed by atoms with Gasteiger partial charge in [-0.05, 0) is 31.4 Å². The van der Waals surface area contributed by atoms with E-state index in [-0.39, 0.29) is 5.91 Å². The number of carbonyl (C=O) groups excluding carboxylic acids is 1. The molecule has 4 nitrogen and oxygen atoms in total. The van der Waals surface area contributed by atoms with Crippen molar-refractivity contribution in [2.75, 3.05) is 19.6 Å². The molecule has 1 saturated heterocycles. The molecular formula is C12H16ClN3O. The van der Waals surface area contributed by atoms with Crippen molar-refractivity contribution in [1.29, 1.82) is 0 Å². The van der Waals surface area contributed by atoms with Gasteiger partial charge in [-0.25, -0.2) is 0 Å². The maximum atomic E-state index is 12.3. The molecule has 1 aliphatic rings. The van der Waals surface area contributed by atoms with Crippen LogP contribution in [0.4, 0.5) is 0 Å². The van der Waals surface area contributed by atoms with E-state index in [1.54, 1.807) is 12.3 Å². The molecule has 1 amide bonds. The van der Waals surface area contributed by atoms with E-state index in [0.29, 0.717) is 23.0 Å². The van der Waals surface area contributed by atoms with Crippen molar-refractivity contribution in [2.45, 2.75) is 12.8 Å². The summed E-state index contributed by atoms with van der Waals surface area (Å²) in [6.45, 7) is 2.15. The predicted molar refractivity (Wildman–Crippen MR) is 66.9 cm³/mol. The Morgan fingerprint density at radius 3 is 3.18 bits per heavy atom. The van der Waals surface area contributed by atoms with Crippen LogP contribution in [0.25, 0.3) is 0 Å². The number of halogens is 1. The van der Waals surface area contributed by atoms with E-state index < -0.39 is 0 Å². The fourth-order valence-electron chi connectivity index (χ4n) is 2.16. The number of rotatable bonds is 2. The Bertz CT molecular complexity index is 410. The lowest BCUT2D eigenvalue weighted by atomic mass is 9.98. The number of nitrogens with zero attached hydrogens (tertiary/aromatic N) is 2. The highest BCUT2D eigenvalue weighted by Crippen LogP contribution is 2.21. The predicted octanol–water partition coefficient (Wildman–Crippen LogP) is 1.55. The Kier molecular flexibility index (Phi) is 3.97. The van der Waals surface area contributed by atoms with Gasteiger partial charge in [-0.2, -0.15) is 0 Å². The lowest BCUT2D eigenvalue weighted by Gasteiger charge is -2.32. The molecule has 0 aromatic carbocycles. The molecular weight excluding hydrogens is 238 g/mol. The van der Waals surface area contributed by atoms with E-state index in [2.05, 4.69) is 4.98 Å². The van der Waals surface area contributed by atoms with Crippen LogP contribution in [0.5, 0.6) is 0 Å². The van der Waals surface area contributed by atoms with Crippen molar-refractivity contribution in [1.82, 2.24) is 9.88 Å². The molecule has 0 spiro atoms. The number of hydrogen-bond donors (Lipinski definition) is 1. The fraction of sp³-hybridized carbons (Fsp3) is 0.500. The molecule has 1 unspecified atom stereocenters. The summed E-state index contributed by atoms with van der Waals surface area (Å²) in [6.07, 6.45) is 5.20. The van der Waals surface area contributed by atoms with Crippen molar-refractivity contribution in [3.8, 4) is 0 Å². The lowest BCUT2D eigenvalue weighted by molar-refractivity contribution is 0.0678. The first-order chi connectivity index (χ1) is 8.22. The molecule has 2 N–H and O–H groups in total. The zero-order valence-electron chi connectivity index (χ0n) is 9.60. The van der Waals surface area contributed by atoms with Gasteiger partial charge in [0.05, 0.1) is 10.6 Å². The van der Waals surface area contributed by atoms with Gasteiger partial charge in [0.15, 0.2) is 0 Å². The van der Waals surface area contributed by atoms with Gasteiger partial charge in [0.25, 0.3) is 5.91 Å². The van der Waals surface area contributed by atoms with Gasteiger partial charge in [-0.1, -0.05) is 11.6 Å². The molecule has 5 heteroatoms. The minimum atomic E-state index is -0.0180. The normalized spacial score (nSPS) is 20.4. The number of nitrogens with two attached hydrogens (primary N) is 1. The van der Waals surface area contributed by atoms with E-state index >= 15 is 0 Å². The van der Waals surface area contributed by atoms with Crippen LogP contribution in [0.2, 0.25) is 5.02 Å². The highest BCUT2D eigenvalue weighted by molar-refractivity contribution is 6.33. The number of pyridine rings is 1. The Morgan fingerprint density at radius 1 is 1.65 bits per heavy atom. The number of hydrogen-bond acceptors (Lipinski definition) is 3. The summed E-state index contributed by atoms with van der Waals surface area (Å²) >= 11 is 5.97. The van der Waals surface area contributed by atoms with Gasteiger partial charge in [-0.3, -0.25) is 9.78 Å². The molecule has 1 fully saturated rings. The monoisotopic (exact) mass is 253 g/mol. The molecule has 1 aromatic heterocycles. The Morgan fingerprint density at radius 2 is 2.47 bits per heavy atom. The first-order valence-electron chi connectivity index (χ1n) is 5.81. The van der Waals surface area contributed by atoms with Crippen molar-refractivity contribution in [3.05, 3.63) is 29.0 Å². The summed E-state index contributed by atoms with van der Waals surface area (Å²) in [7, 11) is 0. The summed E-state index contributed by atoms with van der Waals surface area (Å²) in [4.78, 5) is 18.0. The third kappa shape index (κ3) is 2.76. The van der Waals surface area contributed by atoms with Crippen molar-refractivity contribution in [2.24, 2.45) is 11.7 Å². The van der Waals surface area contributed by atoms with Crippen LogP contribution in [0.1, 0.15) is 23.2 Å². The van der Waals surface area contributed by atoms with Crippen LogP contribution in [-0.4, -0.2) is 35.4 Å². The number of likely N-dealkylation sites (tertiary alicyclic amines) is 1. The Hall–Kier alpha value is -1.13. The summed E-state index contributed by atoms with van der Waals surface area (Å²) < 4.78 is 0. The third-order valence-electron chi connectivity index (χ3n) is 3.14. The van der Waals surface area contributed by atoms with Crippen LogP contribution in [0.3, 0.4) is 0 Å². The summed E-state index contributed by atoms with van der Waals surface area (Å²) in [5.74, 6) is 0.392. The molecule has 1 aliphatic heterocycles. The first kappa shape index (κ1) is 12.3. The van der Waals surface area contributed by atoms with Gasteiger partial charge in [0.1, 0.15) is 0 Å². The molecule has 2 heterocycles. The molecule has 2 rings (SSSR count). The van der Waals surface area contributed by atoms with Crippen LogP contribution in [0.15, 0.2) is 18.5 Å². The lowest BCUT2D eigenvalue weighted by Crippen LogP contribution is -2.42. The molecule has 17 heavy (non-hydrogen) atoms. The molecule has 0 bridgehead atoms. The van der Waals surface area contributed by atoms with E-state index in [1.807, 2.05) is 4.90 Å². The van der Waals surface area contributed by atoms with Crippen LogP contribution in [-0.2, 0) is 0 Å². The number of amides is 1. The highest BCUT2D eigenvalue weighted by atomic mass is 35.5. The van der Waals surface area contributed by atoms with Gasteiger partial charge in [0, 0.05) is 25.5 Å². The van der Waals surface area contributed by atoms with Gasteiger partial charge in [-0.15, -0.1) is 0 Å². The fourth-order valence-corrected chi connectivity index (χ4v) is 2.36. The van der Waals surface area contributed by atoms with E-state index in [0.717, 1.165) is 25.9 Å². The van der Waals surface area contributed by atoms with Gasteiger partial charge >= 0.3 is 0 Å². The highest BCUT2D eigenvalue weighted by Gasteiger charge is 2.24. The van der Waals surface area contributed by atoms with Crippen molar-refractivity contribution >= 4 is 17.5 Å². The summed E-state index contributed by atoms with van der Waals surface area (Å²) in [5, 5.41) is 0.410. The standard InChI is InChI=1S/C12H16ClN3O/c13-11-7-15-4-3-10(11)12(17)16-5-1-2-9(6-14)8-16/h3-4,7,9H,1-2,5-6,8,14H2. The van der Waals surface area contributed by atoms with Gasteiger partial charge < -0.3 is 10.6 Å². The zero-order valence-corrected chi connectivity index (χ0v) is 10.4. The molecule has 0 saturated carbocycles. The topological polar surface area (TPSA) is 59.2 Å². The smallest absolute Gasteiger partial charge is 0.255 e. The summed E-state index contributed by atoms with van der Waals surface area (Å²) in [5.41, 5.74) is 6.19. The zero-order chi connectivity index (χ0) is 12.3. The largest absolute Gasteiger partial charge is 0.338 e. The molecule has 1 atom stereocenters. The first-order valence-corrected chi connectivity index (χ1v) is 6.19. The number of carbonyl (C=O) groups is 1. The molecule has 1 aromatic rings. The average Bonchev–Trinajstić information content (AvgIpc) is 2.38. The SMILES string of the molecule is NCC1CCCN(C(=O)c2ccncc2Cl)C1. The molecule has 0 aliphatic carbocycles. The second-order valence-electron chi connectivity index (χ2n) is 4.35. The Labute approximate surface area is 106 Å². The van der Waals surface area contributed by atoms with E-state index in [9.17, 15) is 4.79 Å². The van der Waals surface area contributed by atoms with Crippen LogP contribution in [0, 0.1) is 5.92 Å². The van der Waals surface area contributed by atoms with E-state index in [4.69, 9.17) is 17.3 Å². The summed E-state index contributed by atoms with van der Waals surface area (Å²) in [6, 6.07) is 1.66. The van der Waals surface area contributed by atoms with Crippen molar-refractivity contribution < 1.29 is 4.79 Å². The number of aromatic nitrogens is 1. The quantitative estimate of drug-likeness (QED) is 0.870. The maximum absolute atomic E-state index is 12.3. The average molecular weight is 254 g/mol. The molecule has 92 valence electrons. The second kappa shape index (κ2) is 5.47. The van der Waals surface area contributed by atoms with Crippen LogP contribution < -0.4 is 5.73 Å². The van der Waals surface area contributed by atoms with E-state index in [1.165, 1.54) is 6.20 Å². The molecule has 0 radical (unpaired) electrons. The maximum Gasteiger partial charge on any atom is 0.255 e. The van der Waals surface area contributed by atoms with Crippen molar-refractivity contribution in [3.63, 3.8) is 0 Å². The minimum Gasteiger partial charge on any atom is -0.338 e. The minimum absolute atomic E-state index is 0.0180. The third-order valence-corrected chi connectivity index (χ3v) is 3.44. The second-order valence-corrected chi connectivity index (χ2v) is 4.76. The van der Waals surface area contributed by atoms with Crippen LogP contribution >= 0.6 is 11.6 Å². The van der Waals surface area contributed by atoms with Gasteiger partial charge in [0.2, 0.25) is 0 Å². The number of piperidine rings is 1.